The largest absolute Gasteiger partial charge is 0.480 e. The molecule has 0 spiro atoms. The summed E-state index contributed by atoms with van der Waals surface area (Å²) in [6, 6.07) is 12.0. The summed E-state index contributed by atoms with van der Waals surface area (Å²) in [4.78, 5) is 31.9. The number of hydrogen-bond donors (Lipinski definition) is 1. The zero-order valence-electron chi connectivity index (χ0n) is 15.5. The summed E-state index contributed by atoms with van der Waals surface area (Å²) in [5, 5.41) is 8.98. The highest BCUT2D eigenvalue weighted by Crippen LogP contribution is 2.21. The zero-order chi connectivity index (χ0) is 19.2. The molecule has 1 saturated heterocycles. The van der Waals surface area contributed by atoms with Crippen molar-refractivity contribution in [1.29, 1.82) is 0 Å². The second-order valence-corrected chi connectivity index (χ2v) is 7.01. The Morgan fingerprint density at radius 2 is 1.93 bits per heavy atom. The number of pyridine rings is 1. The van der Waals surface area contributed by atoms with E-state index < -0.39 is 5.97 Å². The lowest BCUT2D eigenvalue weighted by atomic mass is 10.1. The second kappa shape index (κ2) is 8.77. The van der Waals surface area contributed by atoms with Crippen molar-refractivity contribution in [2.45, 2.75) is 25.3 Å². The van der Waals surface area contributed by atoms with Gasteiger partial charge in [-0.1, -0.05) is 30.3 Å². The summed E-state index contributed by atoms with van der Waals surface area (Å²) in [5.41, 5.74) is 2.55. The van der Waals surface area contributed by atoms with Gasteiger partial charge in [0.1, 0.15) is 0 Å². The maximum Gasteiger partial charge on any atom is 0.317 e. The van der Waals surface area contributed by atoms with Crippen molar-refractivity contribution in [3.63, 3.8) is 0 Å². The summed E-state index contributed by atoms with van der Waals surface area (Å²) in [7, 11) is 1.84. The number of carboxylic acid groups (broad SMARTS) is 1. The quantitative estimate of drug-likeness (QED) is 0.880. The van der Waals surface area contributed by atoms with Gasteiger partial charge in [-0.2, -0.15) is 0 Å². The van der Waals surface area contributed by atoms with Gasteiger partial charge in [0.05, 0.1) is 12.1 Å². The van der Waals surface area contributed by atoms with E-state index in [1.807, 2.05) is 53.2 Å². The molecule has 0 radical (unpaired) electrons. The molecule has 1 unspecified atom stereocenters. The average molecular weight is 367 g/mol. The van der Waals surface area contributed by atoms with Crippen LogP contribution in [0.15, 0.2) is 48.8 Å². The Kier molecular flexibility index (Phi) is 6.19. The van der Waals surface area contributed by atoms with Gasteiger partial charge in [0.2, 0.25) is 0 Å². The van der Waals surface area contributed by atoms with Crippen molar-refractivity contribution in [3.8, 4) is 11.1 Å². The molecule has 0 saturated carbocycles. The van der Waals surface area contributed by atoms with E-state index in [-0.39, 0.29) is 18.5 Å². The zero-order valence-corrected chi connectivity index (χ0v) is 15.5. The first-order valence-corrected chi connectivity index (χ1v) is 9.26. The van der Waals surface area contributed by atoms with Gasteiger partial charge in [-0.15, -0.1) is 0 Å². The van der Waals surface area contributed by atoms with Crippen LogP contribution >= 0.6 is 0 Å². The summed E-state index contributed by atoms with van der Waals surface area (Å²) in [6.07, 6.45) is 5.93. The molecule has 1 aromatic heterocycles. The van der Waals surface area contributed by atoms with Crippen molar-refractivity contribution in [1.82, 2.24) is 14.8 Å². The molecule has 142 valence electrons. The minimum atomic E-state index is -0.821. The number of amides is 1. The van der Waals surface area contributed by atoms with Gasteiger partial charge in [0, 0.05) is 37.1 Å². The van der Waals surface area contributed by atoms with Crippen molar-refractivity contribution < 1.29 is 14.7 Å². The summed E-state index contributed by atoms with van der Waals surface area (Å²) in [5.74, 6) is -0.833. The number of hydrogen-bond acceptors (Lipinski definition) is 4. The number of carboxylic acids is 1. The molecule has 0 aliphatic carbocycles. The molecule has 6 nitrogen and oxygen atoms in total. The van der Waals surface area contributed by atoms with Crippen LogP contribution in [0.5, 0.6) is 0 Å². The van der Waals surface area contributed by atoms with Crippen LogP contribution in [0.1, 0.15) is 29.6 Å². The Bertz CT molecular complexity index is 794. The molecule has 2 aromatic rings. The molecule has 1 aliphatic heterocycles. The molecule has 2 heterocycles. The standard InChI is InChI=1S/C21H25N3O3/c1-23(15-20(25)26)19-8-5-10-24(11-9-19)21(27)18-12-17(13-22-14-18)16-6-3-2-4-7-16/h2-4,6-7,12-14,19H,5,8-11,15H2,1H3,(H,25,26). The SMILES string of the molecule is CN(CC(=O)O)C1CCCN(C(=O)c2cncc(-c3ccccc3)c2)CC1. The fourth-order valence-electron chi connectivity index (χ4n) is 3.59. The summed E-state index contributed by atoms with van der Waals surface area (Å²) in [6.45, 7) is 1.34. The van der Waals surface area contributed by atoms with Gasteiger partial charge in [-0.3, -0.25) is 19.5 Å². The molecule has 1 amide bonds. The number of likely N-dealkylation sites (N-methyl/N-ethyl adjacent to an activating group) is 1. The van der Waals surface area contributed by atoms with E-state index in [1.165, 1.54) is 0 Å². The number of aromatic nitrogens is 1. The topological polar surface area (TPSA) is 73.7 Å². The first-order chi connectivity index (χ1) is 13.0. The number of carbonyl (C=O) groups is 2. The van der Waals surface area contributed by atoms with E-state index >= 15 is 0 Å². The highest BCUT2D eigenvalue weighted by atomic mass is 16.4. The number of aliphatic carboxylic acids is 1. The first-order valence-electron chi connectivity index (χ1n) is 9.26. The highest BCUT2D eigenvalue weighted by molar-refractivity contribution is 5.95. The Morgan fingerprint density at radius 1 is 1.15 bits per heavy atom. The predicted octanol–water partition coefficient (Wildman–Crippen LogP) is 2.76. The van der Waals surface area contributed by atoms with Crippen LogP contribution in [-0.2, 0) is 4.79 Å². The molecule has 27 heavy (non-hydrogen) atoms. The van der Waals surface area contributed by atoms with E-state index in [4.69, 9.17) is 5.11 Å². The summed E-state index contributed by atoms with van der Waals surface area (Å²) < 4.78 is 0. The molecule has 0 bridgehead atoms. The van der Waals surface area contributed by atoms with Crippen LogP contribution in [0.4, 0.5) is 0 Å². The van der Waals surface area contributed by atoms with Gasteiger partial charge in [0.25, 0.3) is 5.91 Å². The van der Waals surface area contributed by atoms with Crippen molar-refractivity contribution in [2.24, 2.45) is 0 Å². The third kappa shape index (κ3) is 4.92. The van der Waals surface area contributed by atoms with E-state index in [9.17, 15) is 9.59 Å². The average Bonchev–Trinajstić information content (AvgIpc) is 2.94. The van der Waals surface area contributed by atoms with E-state index in [0.29, 0.717) is 18.7 Å². The third-order valence-electron chi connectivity index (χ3n) is 5.09. The molecule has 6 heteroatoms. The molecule has 1 aliphatic rings. The highest BCUT2D eigenvalue weighted by Gasteiger charge is 2.24. The van der Waals surface area contributed by atoms with Gasteiger partial charge in [0.15, 0.2) is 0 Å². The van der Waals surface area contributed by atoms with Crippen LogP contribution in [-0.4, -0.2) is 64.5 Å². The van der Waals surface area contributed by atoms with E-state index in [0.717, 1.165) is 30.4 Å². The number of carbonyl (C=O) groups excluding carboxylic acids is 1. The molecular weight excluding hydrogens is 342 g/mol. The van der Waals surface area contributed by atoms with Crippen molar-refractivity contribution >= 4 is 11.9 Å². The van der Waals surface area contributed by atoms with Gasteiger partial charge in [-0.25, -0.2) is 0 Å². The number of nitrogens with zero attached hydrogens (tertiary/aromatic N) is 3. The second-order valence-electron chi connectivity index (χ2n) is 7.01. The van der Waals surface area contributed by atoms with Crippen LogP contribution in [0.3, 0.4) is 0 Å². The van der Waals surface area contributed by atoms with Crippen LogP contribution < -0.4 is 0 Å². The number of benzene rings is 1. The van der Waals surface area contributed by atoms with Crippen molar-refractivity contribution in [2.75, 3.05) is 26.7 Å². The maximum absolute atomic E-state index is 13.0. The molecule has 1 atom stereocenters. The lowest BCUT2D eigenvalue weighted by molar-refractivity contribution is -0.138. The van der Waals surface area contributed by atoms with Crippen LogP contribution in [0, 0.1) is 0 Å². The Balaban J connectivity index is 1.68. The fourth-order valence-corrected chi connectivity index (χ4v) is 3.59. The lowest BCUT2D eigenvalue weighted by Crippen LogP contribution is -2.37. The molecule has 1 aromatic carbocycles. The Labute approximate surface area is 159 Å². The fraction of sp³-hybridized carbons (Fsp3) is 0.381. The summed E-state index contributed by atoms with van der Waals surface area (Å²) >= 11 is 0. The van der Waals surface area contributed by atoms with Gasteiger partial charge >= 0.3 is 5.97 Å². The Hall–Kier alpha value is -2.73. The molecule has 3 rings (SSSR count). The normalized spacial score (nSPS) is 17.6. The minimum absolute atomic E-state index is 0.0122. The maximum atomic E-state index is 13.0. The predicted molar refractivity (Wildman–Crippen MR) is 103 cm³/mol. The number of likely N-dealkylation sites (tertiary alicyclic amines) is 1. The van der Waals surface area contributed by atoms with Gasteiger partial charge < -0.3 is 10.0 Å². The minimum Gasteiger partial charge on any atom is -0.480 e. The first kappa shape index (κ1) is 19.0. The molecular formula is C21H25N3O3. The third-order valence-corrected chi connectivity index (χ3v) is 5.09. The van der Waals surface area contributed by atoms with Crippen LogP contribution in [0.2, 0.25) is 0 Å². The van der Waals surface area contributed by atoms with Crippen molar-refractivity contribution in [3.05, 3.63) is 54.4 Å². The lowest BCUT2D eigenvalue weighted by Gasteiger charge is -2.25. The van der Waals surface area contributed by atoms with E-state index in [1.54, 1.807) is 12.4 Å². The monoisotopic (exact) mass is 367 g/mol. The van der Waals surface area contributed by atoms with E-state index in [2.05, 4.69) is 4.98 Å². The van der Waals surface area contributed by atoms with Crippen LogP contribution in [0.25, 0.3) is 11.1 Å². The molecule has 1 fully saturated rings. The Morgan fingerprint density at radius 3 is 2.67 bits per heavy atom. The number of rotatable bonds is 5. The molecule has 1 N–H and O–H groups in total. The smallest absolute Gasteiger partial charge is 0.317 e. The van der Waals surface area contributed by atoms with Gasteiger partial charge in [-0.05, 0) is 37.9 Å².